The standard InChI is InChI=1S/C38H34N2S/c1-23(2)31-21-27(26-14-7-6-8-15-26)22-32(24(3)4)35(31)40-34-20-10-9-19-33(34)39-38(40)30-18-12-17-29-28-16-11-13-25(5)36(28)41-37(29)30/h6-24H,1-5H3. The van der Waals surface area contributed by atoms with E-state index in [4.69, 9.17) is 4.98 Å². The molecule has 0 N–H and O–H groups in total. The highest BCUT2D eigenvalue weighted by molar-refractivity contribution is 7.26. The van der Waals surface area contributed by atoms with Crippen molar-refractivity contribution in [1.82, 2.24) is 9.55 Å². The number of fused-ring (bicyclic) bond motifs is 4. The van der Waals surface area contributed by atoms with Crippen molar-refractivity contribution < 1.29 is 0 Å². The molecule has 0 aliphatic rings. The molecule has 0 bridgehead atoms. The van der Waals surface area contributed by atoms with E-state index in [1.165, 1.54) is 59.2 Å². The number of hydrogen-bond donors (Lipinski definition) is 0. The van der Waals surface area contributed by atoms with E-state index in [9.17, 15) is 0 Å². The van der Waals surface area contributed by atoms with Crippen LogP contribution in [-0.2, 0) is 0 Å². The van der Waals surface area contributed by atoms with Crippen LogP contribution in [-0.4, -0.2) is 9.55 Å². The molecule has 5 aromatic carbocycles. The predicted octanol–water partition coefficient (Wildman–Crippen LogP) is 11.3. The first-order chi connectivity index (χ1) is 19.9. The van der Waals surface area contributed by atoms with E-state index >= 15 is 0 Å². The lowest BCUT2D eigenvalue weighted by molar-refractivity contribution is 0.812. The third-order valence-electron chi connectivity index (χ3n) is 8.27. The van der Waals surface area contributed by atoms with E-state index in [0.717, 1.165) is 16.9 Å². The summed E-state index contributed by atoms with van der Waals surface area (Å²) >= 11 is 1.89. The Kier molecular flexibility index (Phi) is 6.28. The minimum atomic E-state index is 0.336. The Hall–Kier alpha value is -4.21. The lowest BCUT2D eigenvalue weighted by Crippen LogP contribution is -2.09. The molecular weight excluding hydrogens is 516 g/mol. The van der Waals surface area contributed by atoms with Crippen molar-refractivity contribution in [3.05, 3.63) is 120 Å². The highest BCUT2D eigenvalue weighted by atomic mass is 32.1. The Balaban J connectivity index is 1.60. The number of rotatable bonds is 5. The van der Waals surface area contributed by atoms with Crippen molar-refractivity contribution >= 4 is 42.5 Å². The number of hydrogen-bond acceptors (Lipinski definition) is 2. The molecule has 0 aliphatic heterocycles. The van der Waals surface area contributed by atoms with Gasteiger partial charge < -0.3 is 0 Å². The Morgan fingerprint density at radius 1 is 0.634 bits per heavy atom. The summed E-state index contributed by atoms with van der Waals surface area (Å²) in [5.74, 6) is 1.68. The lowest BCUT2D eigenvalue weighted by Gasteiger charge is -2.24. The first-order valence-corrected chi connectivity index (χ1v) is 15.4. The normalized spacial score (nSPS) is 12.0. The van der Waals surface area contributed by atoms with Crippen LogP contribution in [0.3, 0.4) is 0 Å². The van der Waals surface area contributed by atoms with Crippen molar-refractivity contribution in [3.8, 4) is 28.2 Å². The zero-order valence-electron chi connectivity index (χ0n) is 24.3. The maximum absolute atomic E-state index is 5.35. The van der Waals surface area contributed by atoms with E-state index in [1.807, 2.05) is 11.3 Å². The summed E-state index contributed by atoms with van der Waals surface area (Å²) in [5, 5.41) is 2.63. The Bertz CT molecular complexity index is 2030. The molecule has 0 saturated heterocycles. The Morgan fingerprint density at radius 3 is 1.98 bits per heavy atom. The van der Waals surface area contributed by atoms with Crippen LogP contribution in [0.5, 0.6) is 0 Å². The minimum absolute atomic E-state index is 0.336. The third-order valence-corrected chi connectivity index (χ3v) is 9.66. The average molecular weight is 551 g/mol. The van der Waals surface area contributed by atoms with Crippen LogP contribution in [0.2, 0.25) is 0 Å². The van der Waals surface area contributed by atoms with E-state index in [0.29, 0.717) is 11.8 Å². The van der Waals surface area contributed by atoms with Gasteiger partial charge in [0.15, 0.2) is 0 Å². The molecule has 0 aliphatic carbocycles. The zero-order valence-corrected chi connectivity index (χ0v) is 25.1. The fraction of sp³-hybridized carbons (Fsp3) is 0.184. The number of benzene rings is 5. The van der Waals surface area contributed by atoms with Gasteiger partial charge in [0, 0.05) is 25.7 Å². The van der Waals surface area contributed by atoms with Crippen LogP contribution in [0.1, 0.15) is 56.2 Å². The smallest absolute Gasteiger partial charge is 0.147 e. The van der Waals surface area contributed by atoms with Crippen molar-refractivity contribution in [3.63, 3.8) is 0 Å². The Morgan fingerprint density at radius 2 is 1.27 bits per heavy atom. The van der Waals surface area contributed by atoms with Crippen LogP contribution in [0.25, 0.3) is 59.4 Å². The molecule has 0 saturated carbocycles. The van der Waals surface area contributed by atoms with Gasteiger partial charge in [0.2, 0.25) is 0 Å². The molecule has 0 spiro atoms. The number of para-hydroxylation sites is 2. The molecule has 3 heteroatoms. The van der Waals surface area contributed by atoms with Gasteiger partial charge in [0.25, 0.3) is 0 Å². The van der Waals surface area contributed by atoms with E-state index in [2.05, 4.69) is 142 Å². The van der Waals surface area contributed by atoms with E-state index in [-0.39, 0.29) is 0 Å². The number of thiophene rings is 1. The monoisotopic (exact) mass is 550 g/mol. The lowest BCUT2D eigenvalue weighted by atomic mass is 9.88. The Labute approximate surface area is 245 Å². The molecule has 2 aromatic heterocycles. The van der Waals surface area contributed by atoms with Gasteiger partial charge in [-0.1, -0.05) is 100 Å². The van der Waals surface area contributed by atoms with Crippen LogP contribution in [0.4, 0.5) is 0 Å². The molecule has 0 atom stereocenters. The maximum atomic E-state index is 5.35. The zero-order chi connectivity index (χ0) is 28.2. The van der Waals surface area contributed by atoms with E-state index < -0.39 is 0 Å². The molecule has 0 fully saturated rings. The summed E-state index contributed by atoms with van der Waals surface area (Å²) in [6.45, 7) is 11.5. The van der Waals surface area contributed by atoms with Crippen molar-refractivity contribution in [2.75, 3.05) is 0 Å². The molecule has 7 aromatic rings. The van der Waals surface area contributed by atoms with Gasteiger partial charge in [-0.2, -0.15) is 0 Å². The summed E-state index contributed by atoms with van der Waals surface area (Å²) in [4.78, 5) is 5.35. The van der Waals surface area contributed by atoms with Crippen molar-refractivity contribution in [1.29, 1.82) is 0 Å². The maximum Gasteiger partial charge on any atom is 0.147 e. The van der Waals surface area contributed by atoms with Crippen LogP contribution in [0, 0.1) is 6.92 Å². The average Bonchev–Trinajstić information content (AvgIpc) is 3.56. The topological polar surface area (TPSA) is 17.8 Å². The fourth-order valence-corrected chi connectivity index (χ4v) is 7.46. The first-order valence-electron chi connectivity index (χ1n) is 14.5. The summed E-state index contributed by atoms with van der Waals surface area (Å²) < 4.78 is 5.11. The highest BCUT2D eigenvalue weighted by Crippen LogP contribution is 2.44. The van der Waals surface area contributed by atoms with Crippen molar-refractivity contribution in [2.24, 2.45) is 0 Å². The van der Waals surface area contributed by atoms with Gasteiger partial charge in [-0.25, -0.2) is 4.98 Å². The second kappa shape index (κ2) is 10.0. The van der Waals surface area contributed by atoms with Crippen LogP contribution >= 0.6 is 11.3 Å². The molecule has 41 heavy (non-hydrogen) atoms. The molecule has 0 radical (unpaired) electrons. The summed E-state index contributed by atoms with van der Waals surface area (Å²) in [7, 11) is 0. The molecular formula is C38H34N2S. The van der Waals surface area contributed by atoms with Crippen LogP contribution < -0.4 is 0 Å². The molecule has 2 nitrogen and oxygen atoms in total. The van der Waals surface area contributed by atoms with Gasteiger partial charge in [0.05, 0.1) is 16.7 Å². The number of aryl methyl sites for hydroxylation is 1. The second-order valence-corrected chi connectivity index (χ2v) is 12.7. The molecule has 7 rings (SSSR count). The van der Waals surface area contributed by atoms with Crippen molar-refractivity contribution in [2.45, 2.75) is 46.5 Å². The first kappa shape index (κ1) is 25.7. The third kappa shape index (κ3) is 4.19. The molecule has 0 amide bonds. The van der Waals surface area contributed by atoms with Gasteiger partial charge in [-0.05, 0) is 76.9 Å². The fourth-order valence-electron chi connectivity index (χ4n) is 6.19. The van der Waals surface area contributed by atoms with Gasteiger partial charge in [-0.15, -0.1) is 11.3 Å². The number of imidazole rings is 1. The summed E-state index contributed by atoms with van der Waals surface area (Å²) in [5.41, 5.74) is 11.2. The van der Waals surface area contributed by atoms with Gasteiger partial charge in [0.1, 0.15) is 5.82 Å². The second-order valence-electron chi connectivity index (χ2n) is 11.7. The van der Waals surface area contributed by atoms with Gasteiger partial charge in [-0.3, -0.25) is 4.57 Å². The largest absolute Gasteiger partial charge is 0.292 e. The van der Waals surface area contributed by atoms with E-state index in [1.54, 1.807) is 0 Å². The summed E-state index contributed by atoms with van der Waals surface area (Å²) in [6.07, 6.45) is 0. The molecule has 2 heterocycles. The minimum Gasteiger partial charge on any atom is -0.292 e. The SMILES string of the molecule is Cc1cccc2c1sc1c(-c3nc4ccccc4n3-c3c(C(C)C)cc(-c4ccccc4)cc3C(C)C)cccc12. The number of nitrogens with zero attached hydrogens (tertiary/aromatic N) is 2. The molecule has 202 valence electrons. The predicted molar refractivity (Wildman–Crippen MR) is 178 cm³/mol. The summed E-state index contributed by atoms with van der Waals surface area (Å²) in [6, 6.07) is 37.5. The van der Waals surface area contributed by atoms with Gasteiger partial charge >= 0.3 is 0 Å². The number of aromatic nitrogens is 2. The highest BCUT2D eigenvalue weighted by Gasteiger charge is 2.25. The molecule has 0 unspecified atom stereocenters. The van der Waals surface area contributed by atoms with Crippen LogP contribution in [0.15, 0.2) is 103 Å². The quantitative estimate of drug-likeness (QED) is 0.208.